The molecule has 0 spiro atoms. The fourth-order valence-electron chi connectivity index (χ4n) is 3.64. The van der Waals surface area contributed by atoms with E-state index in [1.54, 1.807) is 11.8 Å². The average molecular weight is 469 g/mol. The molecule has 0 bridgehead atoms. The minimum absolute atomic E-state index is 0.0566. The van der Waals surface area contributed by atoms with Crippen molar-refractivity contribution in [2.24, 2.45) is 11.5 Å². The molecule has 3 aromatic rings. The van der Waals surface area contributed by atoms with E-state index < -0.39 is 5.91 Å². The maximum absolute atomic E-state index is 11.9. The van der Waals surface area contributed by atoms with Gasteiger partial charge in [-0.25, -0.2) is 4.98 Å². The molecule has 2 aromatic carbocycles. The fourth-order valence-corrected chi connectivity index (χ4v) is 4.65. The Morgan fingerprint density at radius 2 is 1.88 bits per heavy atom. The van der Waals surface area contributed by atoms with E-state index in [2.05, 4.69) is 20.6 Å². The molecule has 1 fully saturated rings. The highest BCUT2D eigenvalue weighted by atomic mass is 35.5. The van der Waals surface area contributed by atoms with Gasteiger partial charge in [-0.05, 0) is 55.3 Å². The third-order valence-corrected chi connectivity index (χ3v) is 6.58. The molecule has 32 heavy (non-hydrogen) atoms. The lowest BCUT2D eigenvalue weighted by atomic mass is 9.91. The van der Waals surface area contributed by atoms with Gasteiger partial charge in [0.15, 0.2) is 0 Å². The van der Waals surface area contributed by atoms with Crippen LogP contribution in [-0.2, 0) is 0 Å². The maximum atomic E-state index is 11.9. The summed E-state index contributed by atoms with van der Waals surface area (Å²) < 4.78 is 0. The van der Waals surface area contributed by atoms with Crippen molar-refractivity contribution in [1.29, 1.82) is 0 Å². The summed E-state index contributed by atoms with van der Waals surface area (Å²) in [5, 5.41) is 7.24. The molecule has 6 N–H and O–H groups in total. The van der Waals surface area contributed by atoms with Crippen LogP contribution in [0.25, 0.3) is 0 Å². The summed E-state index contributed by atoms with van der Waals surface area (Å²) in [7, 11) is 0. The minimum atomic E-state index is -0.597. The van der Waals surface area contributed by atoms with Gasteiger partial charge >= 0.3 is 0 Å². The molecule has 0 saturated heterocycles. The van der Waals surface area contributed by atoms with Crippen molar-refractivity contribution in [2.75, 3.05) is 10.6 Å². The Balaban J connectivity index is 1.54. The number of hydrogen-bond acceptors (Lipinski definition) is 7. The lowest BCUT2D eigenvalue weighted by molar-refractivity contribution is 0.100. The van der Waals surface area contributed by atoms with Gasteiger partial charge in [0.2, 0.25) is 5.95 Å². The van der Waals surface area contributed by atoms with Crippen molar-refractivity contribution >= 4 is 46.7 Å². The molecule has 1 aliphatic rings. The third-order valence-electron chi connectivity index (χ3n) is 5.33. The number of aromatic nitrogens is 2. The van der Waals surface area contributed by atoms with E-state index in [-0.39, 0.29) is 17.6 Å². The average Bonchev–Trinajstić information content (AvgIpc) is 2.77. The summed E-state index contributed by atoms with van der Waals surface area (Å²) in [6, 6.07) is 15.7. The van der Waals surface area contributed by atoms with Gasteiger partial charge in [0.1, 0.15) is 11.4 Å². The van der Waals surface area contributed by atoms with Gasteiger partial charge < -0.3 is 22.1 Å². The van der Waals surface area contributed by atoms with Crippen LogP contribution in [0.4, 0.5) is 17.5 Å². The number of rotatable bonds is 7. The van der Waals surface area contributed by atoms with Crippen LogP contribution in [0.15, 0.2) is 64.5 Å². The number of benzene rings is 2. The fraction of sp³-hybridized carbons (Fsp3) is 0.261. The Kier molecular flexibility index (Phi) is 7.14. The van der Waals surface area contributed by atoms with Crippen molar-refractivity contribution < 1.29 is 4.79 Å². The summed E-state index contributed by atoms with van der Waals surface area (Å²) in [5.41, 5.74) is 12.8. The first-order valence-corrected chi connectivity index (χ1v) is 11.7. The van der Waals surface area contributed by atoms with Crippen LogP contribution < -0.4 is 22.1 Å². The number of hydrogen-bond donors (Lipinski definition) is 4. The number of anilines is 3. The zero-order valence-electron chi connectivity index (χ0n) is 17.4. The van der Waals surface area contributed by atoms with Crippen molar-refractivity contribution in [1.82, 2.24) is 9.97 Å². The van der Waals surface area contributed by atoms with E-state index in [1.807, 2.05) is 48.5 Å². The van der Waals surface area contributed by atoms with E-state index >= 15 is 0 Å². The predicted molar refractivity (Wildman–Crippen MR) is 130 cm³/mol. The Morgan fingerprint density at radius 1 is 1.09 bits per heavy atom. The largest absolute Gasteiger partial charge is 0.365 e. The lowest BCUT2D eigenvalue weighted by Crippen LogP contribution is -2.43. The van der Waals surface area contributed by atoms with Crippen LogP contribution in [0.5, 0.6) is 0 Å². The van der Waals surface area contributed by atoms with Gasteiger partial charge in [-0.2, -0.15) is 4.98 Å². The summed E-state index contributed by atoms with van der Waals surface area (Å²) in [6.07, 6.45) is 5.64. The number of halogens is 1. The summed E-state index contributed by atoms with van der Waals surface area (Å²) in [5.74, 6) is 0.180. The van der Waals surface area contributed by atoms with Crippen molar-refractivity contribution in [3.05, 3.63) is 65.3 Å². The van der Waals surface area contributed by atoms with Crippen LogP contribution in [0.1, 0.15) is 36.0 Å². The van der Waals surface area contributed by atoms with Crippen molar-refractivity contribution in [3.63, 3.8) is 0 Å². The summed E-state index contributed by atoms with van der Waals surface area (Å²) in [6.45, 7) is 0. The molecule has 2 atom stereocenters. The Labute approximate surface area is 196 Å². The van der Waals surface area contributed by atoms with E-state index in [0.717, 1.165) is 41.2 Å². The first-order valence-electron chi connectivity index (χ1n) is 10.5. The van der Waals surface area contributed by atoms with Crippen LogP contribution in [0.2, 0.25) is 5.02 Å². The lowest BCUT2D eigenvalue weighted by Gasteiger charge is -2.29. The zero-order valence-corrected chi connectivity index (χ0v) is 19.0. The SMILES string of the molecule is NC(=O)c1cnc(NC2CCCCC2N)nc1Nc1cccc(Sc2ccc(Cl)cc2)c1. The van der Waals surface area contributed by atoms with Gasteiger partial charge in [-0.1, -0.05) is 42.3 Å². The molecular weight excluding hydrogens is 444 g/mol. The highest BCUT2D eigenvalue weighted by molar-refractivity contribution is 7.99. The van der Waals surface area contributed by atoms with Gasteiger partial charge in [-0.3, -0.25) is 4.79 Å². The predicted octanol–water partition coefficient (Wildman–Crippen LogP) is 4.81. The first kappa shape index (κ1) is 22.4. The monoisotopic (exact) mass is 468 g/mol. The molecule has 1 aromatic heterocycles. The van der Waals surface area contributed by atoms with Crippen LogP contribution in [0, 0.1) is 0 Å². The zero-order chi connectivity index (χ0) is 22.5. The number of primary amides is 1. The Morgan fingerprint density at radius 3 is 2.62 bits per heavy atom. The molecule has 1 aliphatic carbocycles. The minimum Gasteiger partial charge on any atom is -0.365 e. The number of carbonyl (C=O) groups excluding carboxylic acids is 1. The molecule has 2 unspecified atom stereocenters. The number of amides is 1. The smallest absolute Gasteiger partial charge is 0.254 e. The molecule has 1 amide bonds. The van der Waals surface area contributed by atoms with Gasteiger partial charge in [0.25, 0.3) is 5.91 Å². The quantitative estimate of drug-likeness (QED) is 0.393. The number of nitrogens with one attached hydrogen (secondary N) is 2. The van der Waals surface area contributed by atoms with Crippen LogP contribution >= 0.6 is 23.4 Å². The molecule has 166 valence electrons. The normalized spacial score (nSPS) is 18.2. The van der Waals surface area contributed by atoms with Gasteiger partial charge in [0, 0.05) is 38.8 Å². The van der Waals surface area contributed by atoms with Crippen LogP contribution in [0.3, 0.4) is 0 Å². The van der Waals surface area contributed by atoms with Gasteiger partial charge in [-0.15, -0.1) is 0 Å². The Hall–Kier alpha value is -2.81. The van der Waals surface area contributed by atoms with Crippen molar-refractivity contribution in [3.8, 4) is 0 Å². The van der Waals surface area contributed by atoms with Crippen LogP contribution in [-0.4, -0.2) is 28.0 Å². The summed E-state index contributed by atoms with van der Waals surface area (Å²) in [4.78, 5) is 22.9. The van der Waals surface area contributed by atoms with E-state index in [9.17, 15) is 4.79 Å². The second-order valence-electron chi connectivity index (χ2n) is 7.73. The molecule has 0 radical (unpaired) electrons. The van der Waals surface area contributed by atoms with Gasteiger partial charge in [0.05, 0.1) is 0 Å². The van der Waals surface area contributed by atoms with E-state index in [1.165, 1.54) is 6.20 Å². The number of carbonyl (C=O) groups is 1. The maximum Gasteiger partial charge on any atom is 0.254 e. The molecule has 4 rings (SSSR count). The standard InChI is InChI=1S/C23H25ClN6OS/c24-14-8-10-16(11-9-14)32-17-5-3-4-15(12-17)28-22-18(21(26)31)13-27-23(30-22)29-20-7-2-1-6-19(20)25/h3-5,8-13,19-20H,1-2,6-7,25H2,(H2,26,31)(H2,27,28,29,30). The van der Waals surface area contributed by atoms with Crippen molar-refractivity contribution in [2.45, 2.75) is 47.6 Å². The molecular formula is C23H25ClN6OS. The molecule has 7 nitrogen and oxygen atoms in total. The molecule has 1 heterocycles. The third kappa shape index (κ3) is 5.70. The highest BCUT2D eigenvalue weighted by Gasteiger charge is 2.23. The molecule has 9 heteroatoms. The second-order valence-corrected chi connectivity index (χ2v) is 9.31. The Bertz CT molecular complexity index is 1090. The number of nitrogens with zero attached hydrogens (tertiary/aromatic N) is 2. The number of nitrogens with two attached hydrogens (primary N) is 2. The van der Waals surface area contributed by atoms with E-state index in [4.69, 9.17) is 23.1 Å². The molecule has 1 saturated carbocycles. The van der Waals surface area contributed by atoms with E-state index in [0.29, 0.717) is 16.8 Å². The highest BCUT2D eigenvalue weighted by Crippen LogP contribution is 2.31. The summed E-state index contributed by atoms with van der Waals surface area (Å²) >= 11 is 7.58. The topological polar surface area (TPSA) is 119 Å². The molecule has 0 aliphatic heterocycles. The second kappa shape index (κ2) is 10.2. The first-order chi connectivity index (χ1) is 15.5.